The average molecular weight is 475 g/mol. The van der Waals surface area contributed by atoms with E-state index in [9.17, 15) is 13.9 Å². The highest BCUT2D eigenvalue weighted by Crippen LogP contribution is 2.14. The van der Waals surface area contributed by atoms with Crippen molar-refractivity contribution in [2.75, 3.05) is 19.7 Å². The van der Waals surface area contributed by atoms with Crippen LogP contribution in [0, 0.1) is 11.6 Å². The maximum absolute atomic E-state index is 13.7. The molecule has 4 nitrogen and oxygen atoms in total. The molecule has 0 aromatic heterocycles. The van der Waals surface area contributed by atoms with E-state index in [-0.39, 0.29) is 48.6 Å². The zero-order chi connectivity index (χ0) is 18.1. The molecule has 0 heterocycles. The van der Waals surface area contributed by atoms with Gasteiger partial charge in [-0.15, -0.1) is 24.0 Å². The molecule has 0 aliphatic heterocycles. The van der Waals surface area contributed by atoms with Crippen molar-refractivity contribution in [1.82, 2.24) is 10.6 Å². The molecule has 2 aromatic carbocycles. The van der Waals surface area contributed by atoms with Gasteiger partial charge in [0.15, 0.2) is 5.96 Å². The van der Waals surface area contributed by atoms with Crippen molar-refractivity contribution in [2.24, 2.45) is 4.99 Å². The number of aliphatic imine (C=N–C) groups is 1. The smallest absolute Gasteiger partial charge is 0.191 e. The molecule has 0 aliphatic carbocycles. The molecule has 0 fully saturated rings. The topological polar surface area (TPSA) is 56.7 Å². The van der Waals surface area contributed by atoms with E-state index in [1.807, 2.05) is 37.3 Å². The summed E-state index contributed by atoms with van der Waals surface area (Å²) in [5, 5.41) is 15.8. The molecule has 0 bridgehead atoms. The molecule has 0 aliphatic rings. The summed E-state index contributed by atoms with van der Waals surface area (Å²) in [6, 6.07) is 13.0. The van der Waals surface area contributed by atoms with Crippen LogP contribution in [-0.2, 0) is 6.54 Å². The first-order valence-electron chi connectivity index (χ1n) is 8.26. The van der Waals surface area contributed by atoms with Gasteiger partial charge in [0.1, 0.15) is 11.6 Å². The highest BCUT2D eigenvalue weighted by Gasteiger charge is 2.11. The SMILES string of the molecule is CCNC(=NCc1cc(F)ccc1F)NCC(CO)c1ccccc1.I. The van der Waals surface area contributed by atoms with E-state index in [0.29, 0.717) is 19.0 Å². The Hall–Kier alpha value is -1.74. The van der Waals surface area contributed by atoms with Crippen LogP contribution in [0.15, 0.2) is 53.5 Å². The highest BCUT2D eigenvalue weighted by molar-refractivity contribution is 14.0. The fraction of sp³-hybridized carbons (Fsp3) is 0.316. The zero-order valence-corrected chi connectivity index (χ0v) is 16.9. The Morgan fingerprint density at radius 3 is 2.50 bits per heavy atom. The van der Waals surface area contributed by atoms with Gasteiger partial charge in [-0.05, 0) is 30.7 Å². The van der Waals surface area contributed by atoms with E-state index in [1.165, 1.54) is 0 Å². The first kappa shape index (κ1) is 22.3. The van der Waals surface area contributed by atoms with Gasteiger partial charge in [0.25, 0.3) is 0 Å². The van der Waals surface area contributed by atoms with Crippen LogP contribution >= 0.6 is 24.0 Å². The summed E-state index contributed by atoms with van der Waals surface area (Å²) in [5.74, 6) is -0.580. The van der Waals surface area contributed by atoms with E-state index >= 15 is 0 Å². The number of benzene rings is 2. The van der Waals surface area contributed by atoms with Crippen molar-refractivity contribution in [3.8, 4) is 0 Å². The molecule has 1 atom stereocenters. The maximum Gasteiger partial charge on any atom is 0.191 e. The summed E-state index contributed by atoms with van der Waals surface area (Å²) >= 11 is 0. The molecule has 2 rings (SSSR count). The third-order valence-electron chi connectivity index (χ3n) is 3.77. The number of aliphatic hydroxyl groups is 1. The summed E-state index contributed by atoms with van der Waals surface area (Å²) < 4.78 is 26.9. The minimum absolute atomic E-state index is 0. The van der Waals surface area contributed by atoms with Crippen LogP contribution in [0.3, 0.4) is 0 Å². The minimum atomic E-state index is -0.492. The van der Waals surface area contributed by atoms with E-state index in [0.717, 1.165) is 23.8 Å². The monoisotopic (exact) mass is 475 g/mol. The van der Waals surface area contributed by atoms with Gasteiger partial charge in [-0.25, -0.2) is 13.8 Å². The van der Waals surface area contributed by atoms with Crippen LogP contribution in [0.1, 0.15) is 24.0 Å². The van der Waals surface area contributed by atoms with Gasteiger partial charge in [0.2, 0.25) is 0 Å². The number of aliphatic hydroxyl groups excluding tert-OH is 1. The standard InChI is InChI=1S/C19H23F2N3O.HI/c1-2-22-19(23-11-15-10-17(20)8-9-18(15)21)24-12-16(13-25)14-6-4-3-5-7-14;/h3-10,16,25H,2,11-13H2,1H3,(H2,22,23,24);1H. The maximum atomic E-state index is 13.7. The quantitative estimate of drug-likeness (QED) is 0.327. The molecule has 0 amide bonds. The van der Waals surface area contributed by atoms with E-state index < -0.39 is 11.6 Å². The van der Waals surface area contributed by atoms with Gasteiger partial charge in [-0.3, -0.25) is 0 Å². The Kier molecular flexibility index (Phi) is 10.1. The second-order valence-electron chi connectivity index (χ2n) is 5.60. The van der Waals surface area contributed by atoms with Crippen molar-refractivity contribution >= 4 is 29.9 Å². The van der Waals surface area contributed by atoms with Gasteiger partial charge in [0.05, 0.1) is 13.2 Å². The molecular weight excluding hydrogens is 451 g/mol. The first-order chi connectivity index (χ1) is 12.1. The van der Waals surface area contributed by atoms with Crippen molar-refractivity contribution in [3.63, 3.8) is 0 Å². The normalized spacial score (nSPS) is 12.2. The molecule has 26 heavy (non-hydrogen) atoms. The van der Waals surface area contributed by atoms with Gasteiger partial charge >= 0.3 is 0 Å². The van der Waals surface area contributed by atoms with Crippen LogP contribution in [0.25, 0.3) is 0 Å². The lowest BCUT2D eigenvalue weighted by atomic mass is 10.0. The summed E-state index contributed by atoms with van der Waals surface area (Å²) in [7, 11) is 0. The summed E-state index contributed by atoms with van der Waals surface area (Å²) in [6.45, 7) is 3.04. The molecule has 3 N–H and O–H groups in total. The zero-order valence-electron chi connectivity index (χ0n) is 14.6. The lowest BCUT2D eigenvalue weighted by molar-refractivity contribution is 0.265. The molecule has 0 radical (unpaired) electrons. The molecule has 2 aromatic rings. The largest absolute Gasteiger partial charge is 0.396 e. The molecule has 0 saturated heterocycles. The van der Waals surface area contributed by atoms with E-state index in [1.54, 1.807) is 0 Å². The van der Waals surface area contributed by atoms with Crippen LogP contribution < -0.4 is 10.6 Å². The number of nitrogens with one attached hydrogen (secondary N) is 2. The fourth-order valence-electron chi connectivity index (χ4n) is 2.40. The van der Waals surface area contributed by atoms with Gasteiger partial charge < -0.3 is 15.7 Å². The molecule has 0 spiro atoms. The third kappa shape index (κ3) is 6.87. The van der Waals surface area contributed by atoms with Crippen LogP contribution in [0.2, 0.25) is 0 Å². The van der Waals surface area contributed by atoms with Crippen molar-refractivity contribution in [1.29, 1.82) is 0 Å². The second kappa shape index (κ2) is 11.8. The van der Waals surface area contributed by atoms with Crippen LogP contribution in [0.4, 0.5) is 8.78 Å². The van der Waals surface area contributed by atoms with Gasteiger partial charge in [0, 0.05) is 24.6 Å². The molecule has 1 unspecified atom stereocenters. The number of guanidine groups is 1. The average Bonchev–Trinajstić information content (AvgIpc) is 2.63. The van der Waals surface area contributed by atoms with Crippen molar-refractivity contribution < 1.29 is 13.9 Å². The molecule has 7 heteroatoms. The predicted molar refractivity (Wildman–Crippen MR) is 111 cm³/mol. The van der Waals surface area contributed by atoms with Gasteiger partial charge in [-0.1, -0.05) is 30.3 Å². The number of halogens is 3. The Bertz CT molecular complexity index is 698. The summed E-state index contributed by atoms with van der Waals surface area (Å²) in [5.41, 5.74) is 1.21. The lowest BCUT2D eigenvalue weighted by Crippen LogP contribution is -2.40. The molecule has 142 valence electrons. The Morgan fingerprint density at radius 1 is 1.12 bits per heavy atom. The Morgan fingerprint density at radius 2 is 1.85 bits per heavy atom. The third-order valence-corrected chi connectivity index (χ3v) is 3.77. The minimum Gasteiger partial charge on any atom is -0.396 e. The van der Waals surface area contributed by atoms with Gasteiger partial charge in [-0.2, -0.15) is 0 Å². The van der Waals surface area contributed by atoms with Crippen LogP contribution in [0.5, 0.6) is 0 Å². The van der Waals surface area contributed by atoms with Crippen LogP contribution in [-0.4, -0.2) is 30.8 Å². The van der Waals surface area contributed by atoms with E-state index in [4.69, 9.17) is 0 Å². The molecular formula is C19H24F2IN3O. The Balaban J connectivity index is 0.00000338. The lowest BCUT2D eigenvalue weighted by Gasteiger charge is -2.18. The predicted octanol–water partition coefficient (Wildman–Crippen LogP) is 3.41. The number of nitrogens with zero attached hydrogens (tertiary/aromatic N) is 1. The number of hydrogen-bond donors (Lipinski definition) is 3. The summed E-state index contributed by atoms with van der Waals surface area (Å²) in [4.78, 5) is 4.29. The summed E-state index contributed by atoms with van der Waals surface area (Å²) in [6.07, 6.45) is 0. The fourth-order valence-corrected chi connectivity index (χ4v) is 2.40. The number of hydrogen-bond acceptors (Lipinski definition) is 2. The van der Waals surface area contributed by atoms with Crippen molar-refractivity contribution in [3.05, 3.63) is 71.3 Å². The number of rotatable bonds is 7. The second-order valence-corrected chi connectivity index (χ2v) is 5.60. The van der Waals surface area contributed by atoms with Crippen molar-refractivity contribution in [2.45, 2.75) is 19.4 Å². The first-order valence-corrected chi connectivity index (χ1v) is 8.26. The molecule has 0 saturated carbocycles. The highest BCUT2D eigenvalue weighted by atomic mass is 127. The Labute approximate surface area is 169 Å². The van der Waals surface area contributed by atoms with E-state index in [2.05, 4.69) is 15.6 Å².